The van der Waals surface area contributed by atoms with Gasteiger partial charge in [-0.1, -0.05) is 26.8 Å². The number of hydrogen-bond donors (Lipinski definition) is 0. The average Bonchev–Trinajstić information content (AvgIpc) is 2.97. The summed E-state index contributed by atoms with van der Waals surface area (Å²) in [7, 11) is -0.245. The van der Waals surface area contributed by atoms with Crippen molar-refractivity contribution in [2.24, 2.45) is 0 Å². The minimum absolute atomic E-state index is 0.125. The van der Waals surface area contributed by atoms with Crippen LogP contribution in [-0.4, -0.2) is 58.2 Å². The van der Waals surface area contributed by atoms with Crippen LogP contribution in [0.1, 0.15) is 41.0 Å². The van der Waals surface area contributed by atoms with Gasteiger partial charge >= 0.3 is 0 Å². The molecular weight excluding hydrogens is 352 g/mol. The van der Waals surface area contributed by atoms with Crippen molar-refractivity contribution in [1.82, 2.24) is 0 Å². The van der Waals surface area contributed by atoms with Gasteiger partial charge in [0, 0.05) is 7.11 Å². The fourth-order valence-corrected chi connectivity index (χ4v) is 4.48. The minimum atomic E-state index is -1.93. The lowest BCUT2D eigenvalue weighted by Crippen LogP contribution is -2.49. The Morgan fingerprint density at radius 2 is 1.77 bits per heavy atom. The Balaban J connectivity index is 1.67. The van der Waals surface area contributed by atoms with E-state index in [0.717, 1.165) is 6.42 Å². The molecule has 3 aliphatic rings. The smallest absolute Gasteiger partial charge is 0.195 e. The lowest BCUT2D eigenvalue weighted by atomic mass is 10.0. The Kier molecular flexibility index (Phi) is 5.47. The summed E-state index contributed by atoms with van der Waals surface area (Å²) in [6, 6.07) is 0. The average molecular weight is 387 g/mol. The standard InChI is InChI=1S/C19H34O6Si/c1-18(2,3)26(7,8)25-13-11-9-10-12(21-13)14-15(20-6)16-17(22-14)24-19(4,5)23-16/h9,11-17H,10H2,1-8H3/t12-,13?,14-,15+,16-,17-/m1/s1. The summed E-state index contributed by atoms with van der Waals surface area (Å²) in [4.78, 5) is 0. The summed E-state index contributed by atoms with van der Waals surface area (Å²) in [5, 5.41) is 0.125. The van der Waals surface area contributed by atoms with Crippen molar-refractivity contribution in [3.8, 4) is 0 Å². The first-order valence-corrected chi connectivity index (χ1v) is 12.4. The predicted octanol–water partition coefficient (Wildman–Crippen LogP) is 3.57. The molecule has 0 saturated carbocycles. The van der Waals surface area contributed by atoms with Crippen LogP contribution in [0, 0.1) is 0 Å². The van der Waals surface area contributed by atoms with Gasteiger partial charge in [0.2, 0.25) is 0 Å². The monoisotopic (exact) mass is 386 g/mol. The number of ether oxygens (including phenoxy) is 5. The molecule has 0 bridgehead atoms. The van der Waals surface area contributed by atoms with E-state index in [-0.39, 0.29) is 35.7 Å². The lowest BCUT2D eigenvalue weighted by molar-refractivity contribution is -0.240. The van der Waals surface area contributed by atoms with Gasteiger partial charge in [-0.25, -0.2) is 0 Å². The number of hydrogen-bond acceptors (Lipinski definition) is 6. The summed E-state index contributed by atoms with van der Waals surface area (Å²) >= 11 is 0. The van der Waals surface area contributed by atoms with Crippen molar-refractivity contribution >= 4 is 8.32 Å². The maximum absolute atomic E-state index is 6.40. The van der Waals surface area contributed by atoms with Gasteiger partial charge in [-0.2, -0.15) is 0 Å². The van der Waals surface area contributed by atoms with Crippen LogP contribution in [0.25, 0.3) is 0 Å². The highest BCUT2D eigenvalue weighted by atomic mass is 28.4. The van der Waals surface area contributed by atoms with Crippen molar-refractivity contribution < 1.29 is 28.1 Å². The molecule has 0 N–H and O–H groups in total. The SMILES string of the molecule is CO[C@@H]1[C@H]2OC(C)(C)O[C@H]2O[C@@H]1[C@H]1CC=CC(O[Si](C)(C)C(C)(C)C)O1. The van der Waals surface area contributed by atoms with E-state index in [1.165, 1.54) is 0 Å². The zero-order valence-corrected chi connectivity index (χ0v) is 18.3. The van der Waals surface area contributed by atoms with Crippen molar-refractivity contribution in [3.63, 3.8) is 0 Å². The summed E-state index contributed by atoms with van der Waals surface area (Å²) in [5.41, 5.74) is 0. The predicted molar refractivity (Wildman–Crippen MR) is 100 cm³/mol. The molecule has 0 aliphatic carbocycles. The number of fused-ring (bicyclic) bond motifs is 1. The molecule has 3 rings (SSSR count). The number of methoxy groups -OCH3 is 1. The van der Waals surface area contributed by atoms with Crippen molar-refractivity contribution in [1.29, 1.82) is 0 Å². The lowest BCUT2D eigenvalue weighted by Gasteiger charge is -2.41. The quantitative estimate of drug-likeness (QED) is 0.544. The van der Waals surface area contributed by atoms with Gasteiger partial charge in [-0.05, 0) is 44.5 Å². The third-order valence-corrected chi connectivity index (χ3v) is 10.3. The molecule has 2 fully saturated rings. The summed E-state index contributed by atoms with van der Waals surface area (Å²) in [6.07, 6.45) is 3.23. The van der Waals surface area contributed by atoms with Crippen molar-refractivity contribution in [2.45, 2.75) is 102 Å². The molecule has 3 aliphatic heterocycles. The van der Waals surface area contributed by atoms with E-state index in [1.807, 2.05) is 19.9 Å². The van der Waals surface area contributed by atoms with E-state index in [4.69, 9.17) is 28.1 Å². The first-order chi connectivity index (χ1) is 11.9. The first-order valence-electron chi connectivity index (χ1n) is 9.47. The molecule has 0 radical (unpaired) electrons. The molecule has 0 aromatic rings. The first kappa shape index (κ1) is 20.5. The van der Waals surface area contributed by atoms with Crippen LogP contribution in [0.3, 0.4) is 0 Å². The van der Waals surface area contributed by atoms with E-state index in [1.54, 1.807) is 7.11 Å². The Morgan fingerprint density at radius 3 is 2.38 bits per heavy atom. The molecule has 0 aromatic heterocycles. The normalized spacial score (nSPS) is 40.0. The molecule has 26 heavy (non-hydrogen) atoms. The van der Waals surface area contributed by atoms with Gasteiger partial charge in [-0.15, -0.1) is 0 Å². The Bertz CT molecular complexity index is 541. The van der Waals surface area contributed by atoms with E-state index >= 15 is 0 Å². The van der Waals surface area contributed by atoms with Crippen molar-refractivity contribution in [3.05, 3.63) is 12.2 Å². The van der Waals surface area contributed by atoms with Crippen LogP contribution < -0.4 is 0 Å². The van der Waals surface area contributed by atoms with E-state index in [9.17, 15) is 0 Å². The zero-order chi connectivity index (χ0) is 19.3. The fraction of sp³-hybridized carbons (Fsp3) is 0.895. The molecule has 0 aromatic carbocycles. The molecule has 2 saturated heterocycles. The third kappa shape index (κ3) is 3.94. The molecular formula is C19H34O6Si. The summed E-state index contributed by atoms with van der Waals surface area (Å²) in [5.74, 6) is -0.654. The largest absolute Gasteiger partial charge is 0.389 e. The maximum atomic E-state index is 6.40. The molecule has 1 unspecified atom stereocenters. The van der Waals surface area contributed by atoms with Crippen LogP contribution in [0.2, 0.25) is 18.1 Å². The van der Waals surface area contributed by atoms with Gasteiger partial charge in [0.05, 0.1) is 6.10 Å². The van der Waals surface area contributed by atoms with Crippen molar-refractivity contribution in [2.75, 3.05) is 7.11 Å². The summed E-state index contributed by atoms with van der Waals surface area (Å²) in [6.45, 7) is 14.9. The van der Waals surface area contributed by atoms with Crippen LogP contribution in [0.5, 0.6) is 0 Å². The minimum Gasteiger partial charge on any atom is -0.389 e. The Hall–Kier alpha value is -0.283. The second-order valence-corrected chi connectivity index (χ2v) is 14.1. The second kappa shape index (κ2) is 6.95. The molecule has 0 amide bonds. The zero-order valence-electron chi connectivity index (χ0n) is 17.3. The summed E-state index contributed by atoms with van der Waals surface area (Å²) < 4.78 is 36.3. The Labute approximate surface area is 158 Å². The maximum Gasteiger partial charge on any atom is 0.195 e. The van der Waals surface area contributed by atoms with Gasteiger partial charge < -0.3 is 28.1 Å². The molecule has 7 heteroatoms. The van der Waals surface area contributed by atoms with Gasteiger partial charge in [-0.3, -0.25) is 0 Å². The second-order valence-electron chi connectivity index (χ2n) is 9.35. The Morgan fingerprint density at radius 1 is 1.08 bits per heavy atom. The molecule has 6 nitrogen and oxygen atoms in total. The van der Waals surface area contributed by atoms with Crippen LogP contribution in [0.4, 0.5) is 0 Å². The van der Waals surface area contributed by atoms with Gasteiger partial charge in [0.25, 0.3) is 0 Å². The van der Waals surface area contributed by atoms with Crippen LogP contribution in [0.15, 0.2) is 12.2 Å². The van der Waals surface area contributed by atoms with Gasteiger partial charge in [0.15, 0.2) is 26.7 Å². The topological polar surface area (TPSA) is 55.4 Å². The highest BCUT2D eigenvalue weighted by molar-refractivity contribution is 6.74. The molecule has 150 valence electrons. The van der Waals surface area contributed by atoms with E-state index in [2.05, 4.69) is 39.9 Å². The van der Waals surface area contributed by atoms with Crippen LogP contribution >= 0.6 is 0 Å². The van der Waals surface area contributed by atoms with E-state index in [0.29, 0.717) is 0 Å². The highest BCUT2D eigenvalue weighted by Gasteiger charge is 2.57. The fourth-order valence-electron chi connectivity index (χ4n) is 3.41. The molecule has 0 spiro atoms. The molecule has 3 heterocycles. The molecule has 6 atom stereocenters. The number of rotatable bonds is 4. The van der Waals surface area contributed by atoms with Gasteiger partial charge in [0.1, 0.15) is 18.3 Å². The highest BCUT2D eigenvalue weighted by Crippen LogP contribution is 2.42. The van der Waals surface area contributed by atoms with E-state index < -0.39 is 20.4 Å². The van der Waals surface area contributed by atoms with Crippen LogP contribution in [-0.2, 0) is 28.1 Å². The third-order valence-electron chi connectivity index (χ3n) is 5.85.